The number of Topliss-reactive ketones (excluding diaryl/α,β-unsaturated/α-hetero) is 3. The molecule has 0 spiro atoms. The second kappa shape index (κ2) is 41.3. The molecule has 3 aliphatic heterocycles. The summed E-state index contributed by atoms with van der Waals surface area (Å²) in [4.78, 5) is 184. The maximum atomic E-state index is 14.6. The summed E-state index contributed by atoms with van der Waals surface area (Å²) in [5, 5.41) is 18.1. The van der Waals surface area contributed by atoms with Gasteiger partial charge < -0.3 is 45.5 Å². The Morgan fingerprint density at radius 1 is 0.409 bits per heavy atom. The zero-order chi connectivity index (χ0) is 93.4. The Hall–Kier alpha value is -16.1. The van der Waals surface area contributed by atoms with Crippen molar-refractivity contribution >= 4 is 144 Å². The first-order valence-corrected chi connectivity index (χ1v) is 42.7. The van der Waals surface area contributed by atoms with Crippen LogP contribution < -0.4 is 50.1 Å². The number of aromatic amines is 1. The van der Waals surface area contributed by atoms with Crippen molar-refractivity contribution in [3.63, 3.8) is 0 Å². The third kappa shape index (κ3) is 20.2. The minimum absolute atomic E-state index is 0.0568. The Morgan fingerprint density at radius 3 is 1.28 bits per heavy atom. The molecule has 0 fully saturated rings. The van der Waals surface area contributed by atoms with Crippen molar-refractivity contribution in [2.75, 3.05) is 109 Å². The topological polar surface area (TPSA) is 315 Å². The number of carbonyl (C=O) groups is 12. The molecule has 6 unspecified atom stereocenters. The van der Waals surface area contributed by atoms with Crippen LogP contribution >= 0.6 is 0 Å². The summed E-state index contributed by atoms with van der Waals surface area (Å²) in [7, 11) is 12.4. The molecule has 0 saturated carbocycles. The third-order valence-electron chi connectivity index (χ3n) is 23.1. The van der Waals surface area contributed by atoms with Crippen molar-refractivity contribution in [3.8, 4) is 5.75 Å². The number of ether oxygens (including phenoxy) is 1. The number of hydrogen-bond acceptors (Lipinski definition) is 16. The number of nitrogens with zero attached hydrogens (tertiary/aromatic N) is 9. The quantitative estimate of drug-likeness (QED) is 0.0299. The Morgan fingerprint density at radius 2 is 0.803 bits per heavy atom. The van der Waals surface area contributed by atoms with Crippen molar-refractivity contribution in [3.05, 3.63) is 362 Å². The number of urea groups is 1. The highest BCUT2D eigenvalue weighted by Gasteiger charge is 2.53. The summed E-state index contributed by atoms with van der Waals surface area (Å²) in [5.41, 5.74) is 7.18. The third-order valence-corrected chi connectivity index (χ3v) is 23.1. The Balaban J connectivity index is 0.000000159. The predicted molar refractivity (Wildman–Crippen MR) is 510 cm³/mol. The first-order chi connectivity index (χ1) is 63.7. The first-order valence-electron chi connectivity index (χ1n) is 42.7. The number of methoxy groups -OCH3 is 1. The fourth-order valence-electron chi connectivity index (χ4n) is 17.0. The molecule has 16 rings (SSSR count). The Kier molecular flexibility index (Phi) is 28.8. The highest BCUT2D eigenvalue weighted by Crippen LogP contribution is 2.47. The van der Waals surface area contributed by atoms with Crippen molar-refractivity contribution in [1.82, 2.24) is 25.0 Å². The molecule has 4 heterocycles. The zero-order valence-corrected chi connectivity index (χ0v) is 74.0. The summed E-state index contributed by atoms with van der Waals surface area (Å²) in [5.74, 6) is -6.22. The molecule has 0 aliphatic carbocycles. The van der Waals surface area contributed by atoms with Gasteiger partial charge in [-0.2, -0.15) is 0 Å². The lowest BCUT2D eigenvalue weighted by molar-refractivity contribution is -0.142. The number of likely N-dealkylation sites (N-methyl/N-ethyl adjacent to an activating group) is 3. The number of carboxylic acid groups (broad SMARTS) is 1. The van der Waals surface area contributed by atoms with Gasteiger partial charge >= 0.3 is 12.0 Å². The van der Waals surface area contributed by atoms with Gasteiger partial charge in [0.25, 0.3) is 11.8 Å². The molecule has 6 atom stereocenters. The lowest BCUT2D eigenvalue weighted by atomic mass is 9.82. The van der Waals surface area contributed by atoms with Crippen LogP contribution in [-0.4, -0.2) is 171 Å². The van der Waals surface area contributed by atoms with Gasteiger partial charge in [0.2, 0.25) is 29.5 Å². The largest absolute Gasteiger partial charge is 0.497 e. The number of fused-ring (bicyclic) bond motifs is 4. The number of para-hydroxylation sites is 11. The molecule has 27 heteroatoms. The van der Waals surface area contributed by atoms with E-state index in [2.05, 4.69) is 20.9 Å². The number of ketones is 3. The summed E-state index contributed by atoms with van der Waals surface area (Å²) >= 11 is 0. The first kappa shape index (κ1) is 92.1. The van der Waals surface area contributed by atoms with E-state index in [1.807, 2.05) is 209 Å². The number of aromatic carboxylic acids is 1. The minimum Gasteiger partial charge on any atom is -0.497 e. The van der Waals surface area contributed by atoms with Crippen LogP contribution in [0, 0.1) is 11.3 Å². The molecule has 132 heavy (non-hydrogen) atoms. The number of aromatic nitrogens is 1. The molecule has 27 nitrogen and oxygen atoms in total. The van der Waals surface area contributed by atoms with Gasteiger partial charge in [0.15, 0.2) is 23.4 Å². The molecular formula is C105H99N13O14. The molecule has 0 saturated heterocycles. The smallest absolute Gasteiger partial charge is 0.335 e. The molecule has 13 aromatic rings. The van der Waals surface area contributed by atoms with E-state index in [4.69, 9.17) is 4.74 Å². The molecule has 3 aliphatic rings. The van der Waals surface area contributed by atoms with Crippen molar-refractivity contribution in [2.45, 2.75) is 43.9 Å². The summed E-state index contributed by atoms with van der Waals surface area (Å²) < 4.78 is 5.31. The lowest BCUT2D eigenvalue weighted by Crippen LogP contribution is -2.56. The number of H-pyrrole nitrogens is 1. The van der Waals surface area contributed by atoms with Crippen LogP contribution in [0.25, 0.3) is 10.9 Å². The Labute approximate surface area is 764 Å². The number of hydrogen-bond donors (Lipinski definition) is 5. The highest BCUT2D eigenvalue weighted by atomic mass is 16.5. The van der Waals surface area contributed by atoms with Crippen LogP contribution in [-0.2, 0) is 54.4 Å². The molecule has 1 aromatic heterocycles. The molecular weight excluding hydrogens is 1670 g/mol. The number of nitrogens with one attached hydrogen (secondary N) is 4. The van der Waals surface area contributed by atoms with Crippen molar-refractivity contribution < 1.29 is 67.4 Å². The van der Waals surface area contributed by atoms with Gasteiger partial charge in [-0.05, 0) is 199 Å². The molecule has 668 valence electrons. The summed E-state index contributed by atoms with van der Waals surface area (Å²) in [6.07, 6.45) is 1.62. The van der Waals surface area contributed by atoms with Crippen LogP contribution in [0.4, 0.5) is 67.4 Å². The maximum absolute atomic E-state index is 14.6. The van der Waals surface area contributed by atoms with Crippen LogP contribution in [0.1, 0.15) is 64.1 Å². The lowest BCUT2D eigenvalue weighted by Gasteiger charge is -2.32. The van der Waals surface area contributed by atoms with Gasteiger partial charge in [-0.3, -0.25) is 77.3 Å². The number of anilines is 11. The van der Waals surface area contributed by atoms with E-state index in [1.165, 1.54) is 55.7 Å². The second-order valence-corrected chi connectivity index (χ2v) is 32.7. The van der Waals surface area contributed by atoms with Gasteiger partial charge in [-0.15, -0.1) is 0 Å². The fraction of sp³-hybridized carbons (Fsp3) is 0.181. The summed E-state index contributed by atoms with van der Waals surface area (Å²) in [6, 6.07) is 91.6. The van der Waals surface area contributed by atoms with Gasteiger partial charge in [0.1, 0.15) is 17.1 Å². The minimum atomic E-state index is -1.83. The van der Waals surface area contributed by atoms with E-state index in [0.717, 1.165) is 33.2 Å². The van der Waals surface area contributed by atoms with E-state index in [0.29, 0.717) is 62.6 Å². The number of benzene rings is 12. The maximum Gasteiger partial charge on any atom is 0.335 e. The van der Waals surface area contributed by atoms with Crippen LogP contribution in [0.5, 0.6) is 5.75 Å². The standard InChI is InChI=1S/C36H34N4O4.C35H34N4O4.C34H31N5O6/c1-38(2)34(24-17-19-27(44-3)20-18-24)33(41)23-39-31-15-9-10-16-32(31)40(26-11-5-4-6-12-26)36(43)29(35(39)42)21-25-22-37-30-14-8-7-13-28(25)30;1-35(23-31(41)36-26-17-9-5-10-18-26)33(42)38(24-30(40)32(37(2)3)25-15-7-4-8-16-25)28-21-13-14-22-29(28)39(34(35)43)27-19-11-6-12-20-27;1-37(2)30(22-12-5-3-6-13-22)28(40)21-38-26-18-9-10-19-27(26)39(25-16-7-4-8-17-25)32(42)29(31(38)41)36-34(45)35-24-15-11-14-23(20-24)33(43)44/h4-20,22,29,34,37H,21,23H2,1-3H3;4-22,32H,23-24H2,1-3H3,(H,36,41);3-20,29-30H,21H2,1-2H3,(H,43,44)(H2,35,36,45). The number of carboxylic acids is 1. The van der Waals surface area contributed by atoms with Crippen molar-refractivity contribution in [1.29, 1.82) is 0 Å². The molecule has 0 radical (unpaired) electrons. The monoisotopic (exact) mass is 1770 g/mol. The predicted octanol–water partition coefficient (Wildman–Crippen LogP) is 16.0. The van der Waals surface area contributed by atoms with E-state index < -0.39 is 89.4 Å². The van der Waals surface area contributed by atoms with Gasteiger partial charge in [-0.25, -0.2) is 9.59 Å². The van der Waals surface area contributed by atoms with E-state index in [-0.39, 0.29) is 60.6 Å². The molecule has 12 aromatic carbocycles. The average Bonchev–Trinajstić information content (AvgIpc) is 1.59. The normalized spacial score (nSPS) is 16.1. The van der Waals surface area contributed by atoms with Gasteiger partial charge in [0.05, 0.1) is 91.0 Å². The van der Waals surface area contributed by atoms with E-state index in [1.54, 1.807) is 169 Å². The van der Waals surface area contributed by atoms with Gasteiger partial charge in [0, 0.05) is 45.5 Å². The number of rotatable bonds is 27. The second-order valence-electron chi connectivity index (χ2n) is 32.7. The number of amides is 9. The fourth-order valence-corrected chi connectivity index (χ4v) is 17.0. The summed E-state index contributed by atoms with van der Waals surface area (Å²) in [6.45, 7) is 0.608. The SMILES string of the molecule is CN(C)C(C(=O)CN1C(=O)C(C)(CC(=O)Nc2ccccc2)C(=O)N(c2ccccc2)c2ccccc21)c1ccccc1.CN(C)C(C(=O)CN1C(=O)C(NC(=O)Nc2cccc(C(=O)O)c2)C(=O)N(c2ccccc2)c2ccccc21)c1ccccc1.COc1ccc(C(C(=O)CN2C(=O)C(Cc3c[nH]c4ccccc34)C(=O)N(c3ccccc3)c3ccccc32)N(C)C)cc1. The molecule has 5 N–H and O–H groups in total. The Bertz CT molecular complexity index is 6410. The van der Waals surface area contributed by atoms with Crippen LogP contribution in [0.3, 0.4) is 0 Å². The van der Waals surface area contributed by atoms with Crippen LogP contribution in [0.2, 0.25) is 0 Å². The average molecular weight is 1770 g/mol. The molecule has 9 amide bonds. The highest BCUT2D eigenvalue weighted by molar-refractivity contribution is 6.27. The van der Waals surface area contributed by atoms with Crippen LogP contribution in [0.15, 0.2) is 334 Å². The molecule has 0 bridgehead atoms. The number of carbonyl (C=O) groups excluding carboxylic acids is 11. The van der Waals surface area contributed by atoms with E-state index >= 15 is 0 Å². The zero-order valence-electron chi connectivity index (χ0n) is 74.0. The van der Waals surface area contributed by atoms with E-state index in [9.17, 15) is 62.6 Å². The van der Waals surface area contributed by atoms with Gasteiger partial charge in [-0.1, -0.05) is 206 Å². The van der Waals surface area contributed by atoms with Crippen molar-refractivity contribution in [2.24, 2.45) is 11.3 Å².